The molecule has 0 radical (unpaired) electrons. The van der Waals surface area contributed by atoms with Crippen molar-refractivity contribution >= 4 is 18.0 Å². The first-order valence-electron chi connectivity index (χ1n) is 4.94. The minimum atomic E-state index is -2.72. The van der Waals surface area contributed by atoms with E-state index < -0.39 is 12.2 Å². The third kappa shape index (κ3) is 2.70. The molecule has 2 aromatic rings. The van der Waals surface area contributed by atoms with Gasteiger partial charge in [0.2, 0.25) is 11.0 Å². The highest BCUT2D eigenvalue weighted by Gasteiger charge is 2.19. The van der Waals surface area contributed by atoms with Crippen molar-refractivity contribution in [2.24, 2.45) is 5.10 Å². The van der Waals surface area contributed by atoms with E-state index in [4.69, 9.17) is 0 Å². The summed E-state index contributed by atoms with van der Waals surface area (Å²) in [6.45, 7) is 0. The first kappa shape index (κ1) is 12.6. The van der Waals surface area contributed by atoms with Crippen LogP contribution in [0.2, 0.25) is 0 Å². The number of aromatic nitrogens is 4. The van der Waals surface area contributed by atoms with Gasteiger partial charge in [0.25, 0.3) is 6.43 Å². The number of hydrogen-bond donors (Lipinski definition) is 0. The van der Waals surface area contributed by atoms with Crippen molar-refractivity contribution in [3.63, 3.8) is 0 Å². The van der Waals surface area contributed by atoms with Gasteiger partial charge in [-0.15, -0.1) is 10.2 Å². The summed E-state index contributed by atoms with van der Waals surface area (Å²) in [7, 11) is 0. The van der Waals surface area contributed by atoms with E-state index in [2.05, 4.69) is 20.3 Å². The molecule has 0 amide bonds. The normalized spacial score (nSPS) is 11.6. The predicted molar refractivity (Wildman–Crippen MR) is 64.0 cm³/mol. The molecule has 8 heteroatoms. The summed E-state index contributed by atoms with van der Waals surface area (Å²) >= 11 is 1.20. The Hall–Kier alpha value is -1.83. The number of rotatable bonds is 4. The second-order valence-electron chi connectivity index (χ2n) is 3.19. The number of thioether (sulfide) groups is 1. The van der Waals surface area contributed by atoms with Crippen LogP contribution in [-0.2, 0) is 0 Å². The SMILES string of the molecule is CSc1nnc(C(F)F)n1/N=C\c1cccnc1. The van der Waals surface area contributed by atoms with Gasteiger partial charge in [0.1, 0.15) is 0 Å². The first-order valence-corrected chi connectivity index (χ1v) is 6.16. The third-order valence-corrected chi connectivity index (χ3v) is 2.64. The lowest BCUT2D eigenvalue weighted by Gasteiger charge is -2.01. The molecule has 5 nitrogen and oxygen atoms in total. The number of alkyl halides is 2. The Labute approximate surface area is 106 Å². The maximum Gasteiger partial charge on any atom is 0.299 e. The van der Waals surface area contributed by atoms with Crippen LogP contribution in [0.4, 0.5) is 8.78 Å². The highest BCUT2D eigenvalue weighted by Crippen LogP contribution is 2.21. The molecule has 0 fully saturated rings. The number of nitrogens with zero attached hydrogens (tertiary/aromatic N) is 5. The van der Waals surface area contributed by atoms with Gasteiger partial charge in [0.15, 0.2) is 0 Å². The summed E-state index contributed by atoms with van der Waals surface area (Å²) in [4.78, 5) is 3.90. The van der Waals surface area contributed by atoms with E-state index in [-0.39, 0.29) is 0 Å². The van der Waals surface area contributed by atoms with E-state index in [0.717, 1.165) is 4.68 Å². The Kier molecular flexibility index (Phi) is 3.98. The minimum Gasteiger partial charge on any atom is -0.264 e. The summed E-state index contributed by atoms with van der Waals surface area (Å²) in [5, 5.41) is 11.3. The molecule has 2 rings (SSSR count). The summed E-state index contributed by atoms with van der Waals surface area (Å²) in [6, 6.07) is 3.50. The fraction of sp³-hybridized carbons (Fsp3) is 0.200. The van der Waals surface area contributed by atoms with Gasteiger partial charge < -0.3 is 0 Å². The van der Waals surface area contributed by atoms with Gasteiger partial charge in [-0.3, -0.25) is 4.98 Å². The van der Waals surface area contributed by atoms with Crippen molar-refractivity contribution < 1.29 is 8.78 Å². The van der Waals surface area contributed by atoms with Crippen molar-refractivity contribution in [2.75, 3.05) is 6.26 Å². The van der Waals surface area contributed by atoms with Crippen molar-refractivity contribution in [1.82, 2.24) is 19.9 Å². The molecule has 0 saturated heterocycles. The van der Waals surface area contributed by atoms with Gasteiger partial charge >= 0.3 is 0 Å². The highest BCUT2D eigenvalue weighted by atomic mass is 32.2. The Morgan fingerprint density at radius 3 is 2.89 bits per heavy atom. The Morgan fingerprint density at radius 2 is 2.28 bits per heavy atom. The van der Waals surface area contributed by atoms with Crippen molar-refractivity contribution in [2.45, 2.75) is 11.6 Å². The fourth-order valence-electron chi connectivity index (χ4n) is 1.23. The smallest absolute Gasteiger partial charge is 0.264 e. The highest BCUT2D eigenvalue weighted by molar-refractivity contribution is 7.98. The Morgan fingerprint density at radius 1 is 1.44 bits per heavy atom. The van der Waals surface area contributed by atoms with Crippen molar-refractivity contribution in [1.29, 1.82) is 0 Å². The van der Waals surface area contributed by atoms with Crippen LogP contribution in [0.25, 0.3) is 0 Å². The molecular weight excluding hydrogens is 260 g/mol. The average molecular weight is 269 g/mol. The molecule has 0 aliphatic carbocycles. The molecule has 0 aliphatic heterocycles. The molecule has 0 spiro atoms. The summed E-state index contributed by atoms with van der Waals surface area (Å²) in [5.74, 6) is -0.473. The van der Waals surface area contributed by atoms with E-state index in [1.807, 2.05) is 0 Å². The molecule has 0 saturated carbocycles. The zero-order valence-electron chi connectivity index (χ0n) is 9.36. The molecule has 2 aromatic heterocycles. The minimum absolute atomic E-state index is 0.311. The Balaban J connectivity index is 2.33. The van der Waals surface area contributed by atoms with Crippen LogP contribution in [0, 0.1) is 0 Å². The lowest BCUT2D eigenvalue weighted by molar-refractivity contribution is 0.135. The quantitative estimate of drug-likeness (QED) is 0.631. The van der Waals surface area contributed by atoms with Gasteiger partial charge in [0, 0.05) is 18.0 Å². The van der Waals surface area contributed by atoms with Crippen LogP contribution in [-0.4, -0.2) is 32.3 Å². The molecule has 0 aromatic carbocycles. The zero-order valence-corrected chi connectivity index (χ0v) is 10.2. The van der Waals surface area contributed by atoms with Crippen LogP contribution in [0.1, 0.15) is 17.8 Å². The van der Waals surface area contributed by atoms with E-state index in [1.165, 1.54) is 18.0 Å². The molecule has 0 aliphatic rings. The van der Waals surface area contributed by atoms with Crippen LogP contribution < -0.4 is 0 Å². The topological polar surface area (TPSA) is 56.0 Å². The molecule has 0 unspecified atom stereocenters. The monoisotopic (exact) mass is 269 g/mol. The van der Waals surface area contributed by atoms with Crippen LogP contribution in [0.5, 0.6) is 0 Å². The predicted octanol–water partition coefficient (Wildman–Crippen LogP) is 2.21. The fourth-order valence-corrected chi connectivity index (χ4v) is 1.66. The lowest BCUT2D eigenvalue weighted by Crippen LogP contribution is -2.00. The molecule has 2 heterocycles. The first-order chi connectivity index (χ1) is 8.72. The van der Waals surface area contributed by atoms with E-state index in [1.54, 1.807) is 30.8 Å². The van der Waals surface area contributed by atoms with Gasteiger partial charge in [-0.25, -0.2) is 8.78 Å². The number of pyridine rings is 1. The van der Waals surface area contributed by atoms with Crippen molar-refractivity contribution in [3.05, 3.63) is 35.9 Å². The second-order valence-corrected chi connectivity index (χ2v) is 3.96. The third-order valence-electron chi connectivity index (χ3n) is 2.02. The van der Waals surface area contributed by atoms with Gasteiger partial charge in [0.05, 0.1) is 6.21 Å². The van der Waals surface area contributed by atoms with Crippen LogP contribution >= 0.6 is 11.8 Å². The van der Waals surface area contributed by atoms with Gasteiger partial charge in [-0.05, 0) is 12.3 Å². The maximum absolute atomic E-state index is 12.7. The van der Waals surface area contributed by atoms with Crippen LogP contribution in [0.15, 0.2) is 34.8 Å². The molecule has 0 bridgehead atoms. The van der Waals surface area contributed by atoms with Crippen LogP contribution in [0.3, 0.4) is 0 Å². The summed E-state index contributed by atoms with van der Waals surface area (Å²) in [5.41, 5.74) is 0.707. The Bertz CT molecular complexity index is 540. The van der Waals surface area contributed by atoms with E-state index in [9.17, 15) is 8.78 Å². The van der Waals surface area contributed by atoms with E-state index in [0.29, 0.717) is 10.7 Å². The van der Waals surface area contributed by atoms with Crippen molar-refractivity contribution in [3.8, 4) is 0 Å². The van der Waals surface area contributed by atoms with E-state index >= 15 is 0 Å². The molecular formula is C10H9F2N5S. The standard InChI is InChI=1S/C10H9F2N5S/c1-18-10-16-15-9(8(11)12)17(10)14-6-7-3-2-4-13-5-7/h2-6,8H,1H3/b14-6-. The molecule has 18 heavy (non-hydrogen) atoms. The zero-order chi connectivity index (χ0) is 13.0. The largest absolute Gasteiger partial charge is 0.299 e. The van der Waals surface area contributed by atoms with Gasteiger partial charge in [-0.2, -0.15) is 9.78 Å². The summed E-state index contributed by atoms with van der Waals surface area (Å²) < 4.78 is 26.4. The number of halogens is 2. The maximum atomic E-state index is 12.7. The molecule has 0 atom stereocenters. The second kappa shape index (κ2) is 5.67. The lowest BCUT2D eigenvalue weighted by atomic mass is 10.3. The number of hydrogen-bond acceptors (Lipinski definition) is 5. The molecule has 94 valence electrons. The average Bonchev–Trinajstić information content (AvgIpc) is 2.80. The molecule has 0 N–H and O–H groups in total. The summed E-state index contributed by atoms with van der Waals surface area (Å²) in [6.07, 6.45) is 3.63. The van der Waals surface area contributed by atoms with Gasteiger partial charge in [-0.1, -0.05) is 17.8 Å².